The summed E-state index contributed by atoms with van der Waals surface area (Å²) in [5.41, 5.74) is 2.46. The van der Waals surface area contributed by atoms with Gasteiger partial charge in [-0.2, -0.15) is 0 Å². The number of carbonyl (C=O) groups is 1. The minimum atomic E-state index is -0.515. The maximum atomic E-state index is 12.2. The van der Waals surface area contributed by atoms with E-state index in [0.717, 1.165) is 28.5 Å². The van der Waals surface area contributed by atoms with E-state index in [9.17, 15) is 14.9 Å². The van der Waals surface area contributed by atoms with E-state index in [2.05, 4.69) is 15.5 Å². The summed E-state index contributed by atoms with van der Waals surface area (Å²) in [7, 11) is 0. The van der Waals surface area contributed by atoms with Crippen LogP contribution in [0.3, 0.4) is 0 Å². The van der Waals surface area contributed by atoms with Crippen LogP contribution in [0.1, 0.15) is 11.1 Å². The summed E-state index contributed by atoms with van der Waals surface area (Å²) >= 11 is 1.06. The molecule has 8 nitrogen and oxygen atoms in total. The third-order valence-corrected chi connectivity index (χ3v) is 4.66. The zero-order valence-corrected chi connectivity index (χ0v) is 15.4. The highest BCUT2D eigenvalue weighted by molar-refractivity contribution is 7.99. The van der Waals surface area contributed by atoms with Gasteiger partial charge in [0, 0.05) is 11.6 Å². The monoisotopic (exact) mass is 384 g/mol. The van der Waals surface area contributed by atoms with Gasteiger partial charge in [0.1, 0.15) is 5.69 Å². The normalized spacial score (nSPS) is 10.6. The molecule has 138 valence electrons. The van der Waals surface area contributed by atoms with E-state index in [1.165, 1.54) is 6.07 Å². The number of nitrogens with zero attached hydrogens (tertiary/aromatic N) is 3. The summed E-state index contributed by atoms with van der Waals surface area (Å²) in [5.74, 6) is -0.0466. The molecule has 2 aromatic carbocycles. The number of aromatic nitrogens is 2. The van der Waals surface area contributed by atoms with Crippen LogP contribution >= 0.6 is 11.8 Å². The number of hydrogen-bond acceptors (Lipinski definition) is 7. The molecular weight excluding hydrogens is 368 g/mol. The number of nitrogens with one attached hydrogen (secondary N) is 1. The van der Waals surface area contributed by atoms with Gasteiger partial charge >= 0.3 is 0 Å². The Balaban J connectivity index is 1.65. The summed E-state index contributed by atoms with van der Waals surface area (Å²) in [6, 6.07) is 12.3. The van der Waals surface area contributed by atoms with Crippen molar-refractivity contribution in [2.75, 3.05) is 11.1 Å². The Morgan fingerprint density at radius 2 is 1.89 bits per heavy atom. The van der Waals surface area contributed by atoms with Gasteiger partial charge in [0.15, 0.2) is 0 Å². The first-order valence-corrected chi connectivity index (χ1v) is 9.00. The lowest BCUT2D eigenvalue weighted by atomic mass is 10.1. The van der Waals surface area contributed by atoms with Crippen LogP contribution in [0.25, 0.3) is 11.5 Å². The molecule has 9 heteroatoms. The Morgan fingerprint density at radius 1 is 1.19 bits per heavy atom. The lowest BCUT2D eigenvalue weighted by Crippen LogP contribution is -2.15. The third-order valence-electron chi connectivity index (χ3n) is 3.84. The first-order chi connectivity index (χ1) is 12.9. The van der Waals surface area contributed by atoms with E-state index in [1.54, 1.807) is 13.0 Å². The van der Waals surface area contributed by atoms with Crippen molar-refractivity contribution in [2.45, 2.75) is 19.1 Å². The van der Waals surface area contributed by atoms with Gasteiger partial charge in [0.2, 0.25) is 11.8 Å². The van der Waals surface area contributed by atoms with Gasteiger partial charge < -0.3 is 9.73 Å². The van der Waals surface area contributed by atoms with Crippen LogP contribution in [0.2, 0.25) is 0 Å². The molecule has 3 aromatic rings. The van der Waals surface area contributed by atoms with Gasteiger partial charge in [-0.25, -0.2) is 0 Å². The van der Waals surface area contributed by atoms with Crippen LogP contribution in [-0.2, 0) is 4.79 Å². The van der Waals surface area contributed by atoms with Gasteiger partial charge in [-0.15, -0.1) is 10.2 Å². The molecular formula is C18H16N4O4S. The standard InChI is InChI=1S/C18H16N4O4S/c1-11-8-14(15(22(24)25)9-12(11)2)19-16(23)10-27-18-21-20-17(26-18)13-6-4-3-5-7-13/h3-9H,10H2,1-2H3,(H,19,23). The number of nitro groups is 1. The first-order valence-electron chi connectivity index (χ1n) is 8.01. The molecule has 0 unspecified atom stereocenters. The largest absolute Gasteiger partial charge is 0.411 e. The summed E-state index contributed by atoms with van der Waals surface area (Å²) < 4.78 is 5.52. The van der Waals surface area contributed by atoms with Crippen LogP contribution in [0.4, 0.5) is 11.4 Å². The number of thioether (sulfide) groups is 1. The van der Waals surface area contributed by atoms with Gasteiger partial charge in [-0.1, -0.05) is 30.0 Å². The minimum Gasteiger partial charge on any atom is -0.411 e. The van der Waals surface area contributed by atoms with E-state index in [4.69, 9.17) is 4.42 Å². The number of anilines is 1. The van der Waals surface area contributed by atoms with Crippen LogP contribution < -0.4 is 5.32 Å². The smallest absolute Gasteiger partial charge is 0.293 e. The highest BCUT2D eigenvalue weighted by Gasteiger charge is 2.18. The minimum absolute atomic E-state index is 0.0134. The third kappa shape index (κ3) is 4.50. The van der Waals surface area contributed by atoms with Crippen LogP contribution in [0.5, 0.6) is 0 Å². The highest BCUT2D eigenvalue weighted by atomic mass is 32.2. The molecule has 1 amide bonds. The Bertz CT molecular complexity index is 988. The lowest BCUT2D eigenvalue weighted by molar-refractivity contribution is -0.384. The van der Waals surface area contributed by atoms with Crippen LogP contribution in [0, 0.1) is 24.0 Å². The predicted octanol–water partition coefficient (Wildman–Crippen LogP) is 3.99. The molecule has 1 aromatic heterocycles. The molecule has 3 rings (SSSR count). The second-order valence-corrected chi connectivity index (χ2v) is 6.71. The topological polar surface area (TPSA) is 111 Å². The highest BCUT2D eigenvalue weighted by Crippen LogP contribution is 2.28. The number of carbonyl (C=O) groups excluding carboxylic acids is 1. The van der Waals surface area contributed by atoms with E-state index in [-0.39, 0.29) is 22.4 Å². The average molecular weight is 384 g/mol. The Labute approximate surface area is 159 Å². The van der Waals surface area contributed by atoms with Crippen molar-refractivity contribution in [2.24, 2.45) is 0 Å². The Kier molecular flexibility index (Phi) is 5.51. The zero-order valence-electron chi connectivity index (χ0n) is 14.6. The number of hydrogen-bond donors (Lipinski definition) is 1. The SMILES string of the molecule is Cc1cc(NC(=O)CSc2nnc(-c3ccccc3)o2)c([N+](=O)[O-])cc1C. The molecule has 0 bridgehead atoms. The summed E-state index contributed by atoms with van der Waals surface area (Å²) in [5, 5.41) is 21.9. The van der Waals surface area contributed by atoms with Crippen LogP contribution in [-0.4, -0.2) is 26.8 Å². The number of amides is 1. The molecule has 0 radical (unpaired) electrons. The molecule has 1 heterocycles. The molecule has 0 aliphatic carbocycles. The van der Waals surface area contributed by atoms with Crippen molar-refractivity contribution >= 4 is 29.0 Å². The van der Waals surface area contributed by atoms with Crippen molar-refractivity contribution in [3.63, 3.8) is 0 Å². The van der Waals surface area contributed by atoms with E-state index in [0.29, 0.717) is 5.89 Å². The quantitative estimate of drug-likeness (QED) is 0.388. The molecule has 0 spiro atoms. The van der Waals surface area contributed by atoms with E-state index < -0.39 is 10.8 Å². The summed E-state index contributed by atoms with van der Waals surface area (Å²) in [6.45, 7) is 3.61. The fraction of sp³-hybridized carbons (Fsp3) is 0.167. The Morgan fingerprint density at radius 3 is 2.59 bits per heavy atom. The van der Waals surface area contributed by atoms with Gasteiger partial charge in [-0.3, -0.25) is 14.9 Å². The molecule has 27 heavy (non-hydrogen) atoms. The fourth-order valence-electron chi connectivity index (χ4n) is 2.33. The fourth-order valence-corrected chi connectivity index (χ4v) is 2.89. The lowest BCUT2D eigenvalue weighted by Gasteiger charge is -2.08. The van der Waals surface area contributed by atoms with Gasteiger partial charge in [-0.05, 0) is 43.2 Å². The predicted molar refractivity (Wildman–Crippen MR) is 102 cm³/mol. The van der Waals surface area contributed by atoms with Gasteiger partial charge in [0.25, 0.3) is 10.9 Å². The van der Waals surface area contributed by atoms with E-state index >= 15 is 0 Å². The van der Waals surface area contributed by atoms with Crippen LogP contribution in [0.15, 0.2) is 52.1 Å². The summed E-state index contributed by atoms with van der Waals surface area (Å²) in [4.78, 5) is 22.9. The van der Waals surface area contributed by atoms with Crippen molar-refractivity contribution in [3.05, 3.63) is 63.7 Å². The number of rotatable bonds is 6. The molecule has 0 aliphatic heterocycles. The second-order valence-electron chi connectivity index (χ2n) is 5.79. The number of benzene rings is 2. The molecule has 0 fully saturated rings. The molecule has 0 atom stereocenters. The van der Waals surface area contributed by atoms with Crippen molar-refractivity contribution in [1.29, 1.82) is 0 Å². The maximum Gasteiger partial charge on any atom is 0.293 e. The number of nitro benzene ring substituents is 1. The van der Waals surface area contributed by atoms with E-state index in [1.807, 2.05) is 37.3 Å². The number of aryl methyl sites for hydroxylation is 2. The zero-order chi connectivity index (χ0) is 19.4. The molecule has 0 saturated heterocycles. The average Bonchev–Trinajstić information content (AvgIpc) is 3.12. The van der Waals surface area contributed by atoms with Gasteiger partial charge in [0.05, 0.1) is 10.7 Å². The first kappa shape index (κ1) is 18.6. The molecule has 0 saturated carbocycles. The Hall–Kier alpha value is -3.20. The van der Waals surface area contributed by atoms with Crippen molar-refractivity contribution < 1.29 is 14.1 Å². The molecule has 1 N–H and O–H groups in total. The second kappa shape index (κ2) is 8.00. The van der Waals surface area contributed by atoms with Crippen molar-refractivity contribution in [3.8, 4) is 11.5 Å². The maximum absolute atomic E-state index is 12.2. The van der Waals surface area contributed by atoms with Crippen molar-refractivity contribution in [1.82, 2.24) is 10.2 Å². The molecule has 0 aliphatic rings. The summed E-state index contributed by atoms with van der Waals surface area (Å²) in [6.07, 6.45) is 0.